The third-order valence-corrected chi connectivity index (χ3v) is 5.37. The Balaban J connectivity index is 1.17. The summed E-state index contributed by atoms with van der Waals surface area (Å²) >= 11 is 0. The molecule has 2 aromatic heterocycles. The number of nitrogens with zero attached hydrogens (tertiary/aromatic N) is 4. The quantitative estimate of drug-likeness (QED) is 0.795. The van der Waals surface area contributed by atoms with Crippen LogP contribution in [-0.4, -0.2) is 38.5 Å². The number of aromatic nitrogens is 3. The molecule has 0 bridgehead atoms. The van der Waals surface area contributed by atoms with E-state index in [-0.39, 0.29) is 17.2 Å². The average Bonchev–Trinajstić information content (AvgIpc) is 3.16. The predicted octanol–water partition coefficient (Wildman–Crippen LogP) is 2.19. The number of anilines is 1. The van der Waals surface area contributed by atoms with Crippen molar-refractivity contribution in [2.24, 2.45) is 11.3 Å². The molecule has 2 aliphatic rings. The number of fused-ring (bicyclic) bond motifs is 1. The van der Waals surface area contributed by atoms with Crippen molar-refractivity contribution in [1.29, 1.82) is 0 Å². The van der Waals surface area contributed by atoms with Gasteiger partial charge >= 0.3 is 0 Å². The number of rotatable bonds is 4. The van der Waals surface area contributed by atoms with Crippen LogP contribution < -0.4 is 5.32 Å². The highest BCUT2D eigenvalue weighted by atomic mass is 16.2. The molecule has 1 aliphatic heterocycles. The highest BCUT2D eigenvalue weighted by Gasteiger charge is 2.64. The number of pyridine rings is 1. The van der Waals surface area contributed by atoms with Crippen LogP contribution in [0.3, 0.4) is 0 Å². The van der Waals surface area contributed by atoms with Crippen molar-refractivity contribution in [2.75, 3.05) is 18.4 Å². The fourth-order valence-corrected chi connectivity index (χ4v) is 3.99. The molecule has 6 heteroatoms. The van der Waals surface area contributed by atoms with E-state index in [1.54, 1.807) is 10.8 Å². The van der Waals surface area contributed by atoms with Crippen LogP contribution in [-0.2, 0) is 11.3 Å². The molecule has 1 amide bonds. The standard InChI is InChI=1S/C19H19N5O/c25-18(22-15-4-2-1-3-5-15)16-8-19(16)11-23(12-19)9-14-6-7-17-20-13-21-24(17)10-14/h1-7,10,13,16H,8-9,11-12H2,(H,22,25). The number of hydrogen-bond acceptors (Lipinski definition) is 4. The first-order chi connectivity index (χ1) is 12.2. The van der Waals surface area contributed by atoms with Gasteiger partial charge in [-0.05, 0) is 30.2 Å². The van der Waals surface area contributed by atoms with Crippen molar-refractivity contribution in [3.05, 3.63) is 60.6 Å². The lowest BCUT2D eigenvalue weighted by molar-refractivity contribution is -0.119. The van der Waals surface area contributed by atoms with Gasteiger partial charge in [-0.15, -0.1) is 0 Å². The summed E-state index contributed by atoms with van der Waals surface area (Å²) in [7, 11) is 0. The molecule has 1 aromatic carbocycles. The molecule has 1 N–H and O–H groups in total. The van der Waals surface area contributed by atoms with Crippen LogP contribution in [0.1, 0.15) is 12.0 Å². The van der Waals surface area contributed by atoms with Crippen LogP contribution in [0.15, 0.2) is 55.0 Å². The zero-order chi connectivity index (χ0) is 16.9. The van der Waals surface area contributed by atoms with Gasteiger partial charge in [-0.25, -0.2) is 9.50 Å². The van der Waals surface area contributed by atoms with Crippen LogP contribution >= 0.6 is 0 Å². The lowest BCUT2D eigenvalue weighted by Crippen LogP contribution is -2.49. The number of carbonyl (C=O) groups is 1. The van der Waals surface area contributed by atoms with E-state index in [4.69, 9.17) is 0 Å². The van der Waals surface area contributed by atoms with Crippen LogP contribution in [0.4, 0.5) is 5.69 Å². The Bertz CT molecular complexity index is 929. The topological polar surface area (TPSA) is 62.5 Å². The summed E-state index contributed by atoms with van der Waals surface area (Å²) in [5, 5.41) is 7.21. The summed E-state index contributed by atoms with van der Waals surface area (Å²) in [5.74, 6) is 0.316. The molecule has 0 radical (unpaired) electrons. The first kappa shape index (κ1) is 14.6. The van der Waals surface area contributed by atoms with E-state index in [9.17, 15) is 4.79 Å². The maximum absolute atomic E-state index is 12.4. The highest BCUT2D eigenvalue weighted by Crippen LogP contribution is 2.59. The second-order valence-electron chi connectivity index (χ2n) is 7.22. The maximum atomic E-state index is 12.4. The number of nitrogens with one attached hydrogen (secondary N) is 1. The third-order valence-electron chi connectivity index (χ3n) is 5.37. The molecule has 3 heterocycles. The van der Waals surface area contributed by atoms with E-state index in [0.717, 1.165) is 37.4 Å². The largest absolute Gasteiger partial charge is 0.326 e. The number of carbonyl (C=O) groups excluding carboxylic acids is 1. The van der Waals surface area contributed by atoms with Gasteiger partial charge < -0.3 is 5.32 Å². The molecule has 5 rings (SSSR count). The molecule has 1 saturated heterocycles. The highest BCUT2D eigenvalue weighted by molar-refractivity contribution is 5.95. The molecule has 1 atom stereocenters. The van der Waals surface area contributed by atoms with Crippen molar-refractivity contribution in [3.63, 3.8) is 0 Å². The Morgan fingerprint density at radius 2 is 2.04 bits per heavy atom. The SMILES string of the molecule is O=C(Nc1ccccc1)C1CC12CN(Cc1ccc3ncnn3c1)C2. The van der Waals surface area contributed by atoms with Gasteiger partial charge in [0, 0.05) is 42.9 Å². The van der Waals surface area contributed by atoms with Crippen molar-refractivity contribution < 1.29 is 4.79 Å². The second-order valence-corrected chi connectivity index (χ2v) is 7.22. The summed E-state index contributed by atoms with van der Waals surface area (Å²) in [6.07, 6.45) is 4.60. The molecule has 126 valence electrons. The normalized spacial score (nSPS) is 21.2. The van der Waals surface area contributed by atoms with E-state index in [2.05, 4.69) is 26.4 Å². The summed E-state index contributed by atoms with van der Waals surface area (Å²) < 4.78 is 1.80. The van der Waals surface area contributed by atoms with Gasteiger partial charge in [-0.2, -0.15) is 5.10 Å². The molecule has 1 aliphatic carbocycles. The van der Waals surface area contributed by atoms with Gasteiger partial charge in [0.2, 0.25) is 5.91 Å². The lowest BCUT2D eigenvalue weighted by Gasteiger charge is -2.40. The van der Waals surface area contributed by atoms with Crippen molar-refractivity contribution >= 4 is 17.2 Å². The van der Waals surface area contributed by atoms with Crippen LogP contribution in [0.2, 0.25) is 0 Å². The Morgan fingerprint density at radius 1 is 1.20 bits per heavy atom. The Morgan fingerprint density at radius 3 is 2.88 bits per heavy atom. The van der Waals surface area contributed by atoms with Crippen LogP contribution in [0.25, 0.3) is 5.65 Å². The van der Waals surface area contributed by atoms with Crippen LogP contribution in [0, 0.1) is 11.3 Å². The first-order valence-electron chi connectivity index (χ1n) is 8.58. The number of para-hydroxylation sites is 1. The fraction of sp³-hybridized carbons (Fsp3) is 0.316. The molecule has 1 saturated carbocycles. The van der Waals surface area contributed by atoms with Gasteiger partial charge in [0.05, 0.1) is 0 Å². The minimum absolute atomic E-state index is 0.154. The monoisotopic (exact) mass is 333 g/mol. The fourth-order valence-electron chi connectivity index (χ4n) is 3.99. The summed E-state index contributed by atoms with van der Waals surface area (Å²) in [5.41, 5.74) is 3.17. The van der Waals surface area contributed by atoms with Gasteiger partial charge in [-0.3, -0.25) is 9.69 Å². The molecule has 1 unspecified atom stereocenters. The number of likely N-dealkylation sites (tertiary alicyclic amines) is 1. The zero-order valence-electron chi connectivity index (χ0n) is 13.8. The number of benzene rings is 1. The smallest absolute Gasteiger partial charge is 0.228 e. The summed E-state index contributed by atoms with van der Waals surface area (Å²) in [4.78, 5) is 19.0. The van der Waals surface area contributed by atoms with Gasteiger partial charge in [0.1, 0.15) is 6.33 Å². The molecule has 2 fully saturated rings. The summed E-state index contributed by atoms with van der Waals surface area (Å²) in [6, 6.07) is 13.8. The lowest BCUT2D eigenvalue weighted by atomic mass is 9.92. The van der Waals surface area contributed by atoms with E-state index in [0.29, 0.717) is 0 Å². The average molecular weight is 333 g/mol. The van der Waals surface area contributed by atoms with Crippen LogP contribution in [0.5, 0.6) is 0 Å². The maximum Gasteiger partial charge on any atom is 0.228 e. The molecular formula is C19H19N5O. The third kappa shape index (κ3) is 2.59. The van der Waals surface area contributed by atoms with Gasteiger partial charge in [0.25, 0.3) is 0 Å². The van der Waals surface area contributed by atoms with Crippen molar-refractivity contribution in [3.8, 4) is 0 Å². The molecule has 3 aromatic rings. The van der Waals surface area contributed by atoms with E-state index >= 15 is 0 Å². The van der Waals surface area contributed by atoms with Gasteiger partial charge in [-0.1, -0.05) is 24.3 Å². The van der Waals surface area contributed by atoms with E-state index in [1.807, 2.05) is 42.6 Å². The Labute approximate surface area is 145 Å². The predicted molar refractivity (Wildman–Crippen MR) is 93.9 cm³/mol. The zero-order valence-corrected chi connectivity index (χ0v) is 13.8. The number of amides is 1. The minimum atomic E-state index is 0.154. The van der Waals surface area contributed by atoms with E-state index < -0.39 is 0 Å². The minimum Gasteiger partial charge on any atom is -0.326 e. The molecular weight excluding hydrogens is 314 g/mol. The second kappa shape index (κ2) is 5.39. The van der Waals surface area contributed by atoms with E-state index in [1.165, 1.54) is 5.56 Å². The van der Waals surface area contributed by atoms with Crippen molar-refractivity contribution in [1.82, 2.24) is 19.5 Å². The molecule has 25 heavy (non-hydrogen) atoms. The van der Waals surface area contributed by atoms with Crippen molar-refractivity contribution in [2.45, 2.75) is 13.0 Å². The first-order valence-corrected chi connectivity index (χ1v) is 8.58. The number of hydrogen-bond donors (Lipinski definition) is 1. The molecule has 1 spiro atoms. The Hall–Kier alpha value is -2.73. The molecule has 6 nitrogen and oxygen atoms in total. The Kier molecular flexibility index (Phi) is 3.15. The summed E-state index contributed by atoms with van der Waals surface area (Å²) in [6.45, 7) is 2.88. The van der Waals surface area contributed by atoms with Gasteiger partial charge in [0.15, 0.2) is 5.65 Å².